The van der Waals surface area contributed by atoms with Gasteiger partial charge in [-0.2, -0.15) is 0 Å². The van der Waals surface area contributed by atoms with Gasteiger partial charge in [-0.05, 0) is 72.1 Å². The zero-order valence-corrected chi connectivity index (χ0v) is 18.8. The molecule has 0 unspecified atom stereocenters. The summed E-state index contributed by atoms with van der Waals surface area (Å²) in [6.07, 6.45) is 3.58. The predicted octanol–water partition coefficient (Wildman–Crippen LogP) is 4.25. The van der Waals surface area contributed by atoms with Crippen molar-refractivity contribution in [3.8, 4) is 5.75 Å². The Kier molecular flexibility index (Phi) is 6.77. The van der Waals surface area contributed by atoms with Crippen LogP contribution in [-0.4, -0.2) is 36.4 Å². The number of ether oxygens (including phenoxy) is 1. The number of fused-ring (bicyclic) bond motifs is 1. The van der Waals surface area contributed by atoms with Crippen LogP contribution in [0.3, 0.4) is 0 Å². The Morgan fingerprint density at radius 3 is 2.59 bits per heavy atom. The first-order chi connectivity index (χ1) is 15.4. The van der Waals surface area contributed by atoms with Gasteiger partial charge in [-0.3, -0.25) is 9.59 Å². The Balaban J connectivity index is 1.57. The average Bonchev–Trinajstić information content (AvgIpc) is 3.60. The highest BCUT2D eigenvalue weighted by atomic mass is 19.1. The van der Waals surface area contributed by atoms with E-state index < -0.39 is 0 Å². The van der Waals surface area contributed by atoms with E-state index in [4.69, 9.17) is 4.74 Å². The molecule has 2 amide bonds. The molecule has 1 fully saturated rings. The third-order valence-electron chi connectivity index (χ3n) is 6.09. The molecule has 2 aromatic rings. The van der Waals surface area contributed by atoms with Crippen LogP contribution in [0.2, 0.25) is 0 Å². The Labute approximate surface area is 188 Å². The third kappa shape index (κ3) is 5.47. The number of hydrogen-bond acceptors (Lipinski definition) is 3. The Morgan fingerprint density at radius 2 is 1.91 bits per heavy atom. The molecule has 1 heterocycles. The van der Waals surface area contributed by atoms with Crippen LogP contribution in [0.25, 0.3) is 0 Å². The Bertz CT molecular complexity index is 970. The van der Waals surface area contributed by atoms with Crippen LogP contribution in [-0.2, 0) is 16.0 Å². The molecule has 1 saturated carbocycles. The molecule has 1 aliphatic heterocycles. The van der Waals surface area contributed by atoms with E-state index in [2.05, 4.69) is 5.32 Å². The number of benzene rings is 2. The van der Waals surface area contributed by atoms with E-state index in [0.717, 1.165) is 23.1 Å². The van der Waals surface area contributed by atoms with Crippen LogP contribution in [0, 0.1) is 17.7 Å². The molecule has 4 rings (SSSR count). The van der Waals surface area contributed by atoms with E-state index in [1.54, 1.807) is 12.1 Å². The first-order valence-electron chi connectivity index (χ1n) is 11.5. The second-order valence-corrected chi connectivity index (χ2v) is 9.29. The molecule has 32 heavy (non-hydrogen) atoms. The zero-order valence-electron chi connectivity index (χ0n) is 18.8. The molecule has 2 aliphatic rings. The molecule has 0 radical (unpaired) electrons. The van der Waals surface area contributed by atoms with E-state index in [0.29, 0.717) is 31.2 Å². The van der Waals surface area contributed by atoms with E-state index in [1.165, 1.54) is 25.0 Å². The van der Waals surface area contributed by atoms with Gasteiger partial charge >= 0.3 is 0 Å². The summed E-state index contributed by atoms with van der Waals surface area (Å²) in [6, 6.07) is 11.8. The third-order valence-corrected chi connectivity index (χ3v) is 6.09. The molecule has 1 N–H and O–H groups in total. The molecule has 170 valence electrons. The minimum Gasteiger partial charge on any atom is -0.484 e. The standard InChI is InChI=1S/C26H31FN2O3/c1-17(2)13-25(31)29-12-11-19-7-10-22(32-16-24(30)28-15-18-3-4-18)14-23(19)26(29)20-5-8-21(27)9-6-20/h5-10,14,17-18,26H,3-4,11-13,15-16H2,1-2H3,(H,28,30)/t26-/m1/s1. The number of carbonyl (C=O) groups is 2. The molecule has 6 heteroatoms. The van der Waals surface area contributed by atoms with Gasteiger partial charge in [-0.1, -0.05) is 32.0 Å². The van der Waals surface area contributed by atoms with Crippen LogP contribution >= 0.6 is 0 Å². The normalized spacial score (nSPS) is 17.8. The largest absolute Gasteiger partial charge is 0.484 e. The summed E-state index contributed by atoms with van der Waals surface area (Å²) in [5.41, 5.74) is 2.97. The summed E-state index contributed by atoms with van der Waals surface area (Å²) < 4.78 is 19.4. The fourth-order valence-electron chi connectivity index (χ4n) is 4.20. The highest BCUT2D eigenvalue weighted by Gasteiger charge is 2.32. The first kappa shape index (κ1) is 22.3. The summed E-state index contributed by atoms with van der Waals surface area (Å²) in [5, 5.41) is 2.90. The van der Waals surface area contributed by atoms with Gasteiger partial charge in [0.15, 0.2) is 6.61 Å². The topological polar surface area (TPSA) is 58.6 Å². The average molecular weight is 439 g/mol. The molecule has 5 nitrogen and oxygen atoms in total. The lowest BCUT2D eigenvalue weighted by Crippen LogP contribution is -2.41. The number of carbonyl (C=O) groups excluding carboxylic acids is 2. The summed E-state index contributed by atoms with van der Waals surface area (Å²) in [7, 11) is 0. The van der Waals surface area contributed by atoms with Gasteiger partial charge in [0.25, 0.3) is 5.91 Å². The summed E-state index contributed by atoms with van der Waals surface area (Å²) in [5.74, 6) is 1.12. The van der Waals surface area contributed by atoms with Gasteiger partial charge in [0.2, 0.25) is 5.91 Å². The lowest BCUT2D eigenvalue weighted by Gasteiger charge is -2.38. The lowest BCUT2D eigenvalue weighted by atomic mass is 9.87. The minimum atomic E-state index is -0.308. The van der Waals surface area contributed by atoms with Crippen molar-refractivity contribution in [1.82, 2.24) is 10.2 Å². The minimum absolute atomic E-state index is 0.0390. The van der Waals surface area contributed by atoms with Crippen LogP contribution in [0.15, 0.2) is 42.5 Å². The molecule has 0 bridgehead atoms. The molecular formula is C26H31FN2O3. The number of nitrogens with one attached hydrogen (secondary N) is 1. The summed E-state index contributed by atoms with van der Waals surface area (Å²) in [6.45, 7) is 5.35. The van der Waals surface area contributed by atoms with Gasteiger partial charge in [0.05, 0.1) is 6.04 Å². The van der Waals surface area contributed by atoms with Crippen LogP contribution < -0.4 is 10.1 Å². The first-order valence-corrected chi connectivity index (χ1v) is 11.5. The van der Waals surface area contributed by atoms with E-state index >= 15 is 0 Å². The molecular weight excluding hydrogens is 407 g/mol. The van der Waals surface area contributed by atoms with Gasteiger partial charge in [0.1, 0.15) is 11.6 Å². The van der Waals surface area contributed by atoms with E-state index in [-0.39, 0.29) is 36.2 Å². The van der Waals surface area contributed by atoms with E-state index in [9.17, 15) is 14.0 Å². The maximum absolute atomic E-state index is 13.6. The highest BCUT2D eigenvalue weighted by molar-refractivity contribution is 5.78. The van der Waals surface area contributed by atoms with Crippen molar-refractivity contribution >= 4 is 11.8 Å². The molecule has 0 spiro atoms. The summed E-state index contributed by atoms with van der Waals surface area (Å²) in [4.78, 5) is 27.0. The van der Waals surface area contributed by atoms with Crippen molar-refractivity contribution in [1.29, 1.82) is 0 Å². The second-order valence-electron chi connectivity index (χ2n) is 9.29. The van der Waals surface area contributed by atoms with Crippen LogP contribution in [0.5, 0.6) is 5.75 Å². The highest BCUT2D eigenvalue weighted by Crippen LogP contribution is 2.38. The van der Waals surface area contributed by atoms with Crippen molar-refractivity contribution in [2.45, 2.75) is 45.6 Å². The number of halogens is 1. The SMILES string of the molecule is CC(C)CC(=O)N1CCc2ccc(OCC(=O)NCC3CC3)cc2[C@H]1c1ccc(F)cc1. The quantitative estimate of drug-likeness (QED) is 0.670. The number of nitrogens with zero attached hydrogens (tertiary/aromatic N) is 1. The molecule has 1 aliphatic carbocycles. The van der Waals surface area contributed by atoms with E-state index in [1.807, 2.05) is 36.9 Å². The molecule has 1 atom stereocenters. The van der Waals surface area contributed by atoms with Gasteiger partial charge in [-0.15, -0.1) is 0 Å². The van der Waals surface area contributed by atoms with Gasteiger partial charge in [0, 0.05) is 19.5 Å². The second kappa shape index (κ2) is 9.72. The van der Waals surface area contributed by atoms with Gasteiger partial charge < -0.3 is 15.0 Å². The molecule has 0 saturated heterocycles. The van der Waals surface area contributed by atoms with Crippen molar-refractivity contribution in [3.05, 3.63) is 65.0 Å². The van der Waals surface area contributed by atoms with Crippen LogP contribution in [0.1, 0.15) is 55.8 Å². The zero-order chi connectivity index (χ0) is 22.7. The number of rotatable bonds is 8. The smallest absolute Gasteiger partial charge is 0.257 e. The van der Waals surface area contributed by atoms with Crippen molar-refractivity contribution in [2.75, 3.05) is 19.7 Å². The maximum Gasteiger partial charge on any atom is 0.257 e. The Morgan fingerprint density at radius 1 is 1.16 bits per heavy atom. The van der Waals surface area contributed by atoms with Crippen molar-refractivity contribution in [2.24, 2.45) is 11.8 Å². The number of amides is 2. The fourth-order valence-corrected chi connectivity index (χ4v) is 4.20. The monoisotopic (exact) mass is 438 g/mol. The van der Waals surface area contributed by atoms with Crippen molar-refractivity contribution < 1.29 is 18.7 Å². The van der Waals surface area contributed by atoms with Crippen molar-refractivity contribution in [3.63, 3.8) is 0 Å². The Hall–Kier alpha value is -2.89. The van der Waals surface area contributed by atoms with Crippen LogP contribution in [0.4, 0.5) is 4.39 Å². The molecule has 2 aromatic carbocycles. The fraction of sp³-hybridized carbons (Fsp3) is 0.462. The number of hydrogen-bond donors (Lipinski definition) is 1. The molecule has 0 aromatic heterocycles. The maximum atomic E-state index is 13.6. The predicted molar refractivity (Wildman–Crippen MR) is 121 cm³/mol. The van der Waals surface area contributed by atoms with Gasteiger partial charge in [-0.25, -0.2) is 4.39 Å². The lowest BCUT2D eigenvalue weighted by molar-refractivity contribution is -0.134. The summed E-state index contributed by atoms with van der Waals surface area (Å²) >= 11 is 0.